The van der Waals surface area contributed by atoms with Crippen LogP contribution in [0, 0.1) is 6.92 Å². The molecule has 4 nitrogen and oxygen atoms in total. The van der Waals surface area contributed by atoms with Crippen LogP contribution in [0.4, 0.5) is 0 Å². The number of hydrogen-bond acceptors (Lipinski definition) is 3. The van der Waals surface area contributed by atoms with Crippen molar-refractivity contribution in [3.63, 3.8) is 0 Å². The first-order chi connectivity index (χ1) is 8.60. The zero-order valence-corrected chi connectivity index (χ0v) is 11.1. The van der Waals surface area contributed by atoms with Gasteiger partial charge in [0.15, 0.2) is 0 Å². The molecule has 1 N–H and O–H groups in total. The quantitative estimate of drug-likeness (QED) is 0.925. The molecule has 0 unspecified atom stereocenters. The van der Waals surface area contributed by atoms with Crippen LogP contribution in [-0.4, -0.2) is 14.9 Å². The predicted octanol–water partition coefficient (Wildman–Crippen LogP) is 2.45. The van der Waals surface area contributed by atoms with Gasteiger partial charge in [-0.25, -0.2) is 0 Å². The van der Waals surface area contributed by atoms with E-state index in [1.54, 1.807) is 22.9 Å². The predicted molar refractivity (Wildman–Crippen MR) is 69.7 cm³/mol. The topological polar surface area (TPSA) is 47.3 Å². The summed E-state index contributed by atoms with van der Waals surface area (Å²) in [6, 6.07) is 7.17. The van der Waals surface area contributed by atoms with Gasteiger partial charge in [-0.3, -0.25) is 4.68 Å². The molecule has 0 bridgehead atoms. The van der Waals surface area contributed by atoms with Crippen molar-refractivity contribution in [2.75, 3.05) is 0 Å². The van der Waals surface area contributed by atoms with Crippen LogP contribution in [0.2, 0.25) is 5.02 Å². The van der Waals surface area contributed by atoms with Gasteiger partial charge in [0.05, 0.1) is 18.0 Å². The number of aryl methyl sites for hydroxylation is 2. The molecule has 1 aromatic heterocycles. The third-order valence-corrected chi connectivity index (χ3v) is 2.90. The number of nitrogens with zero attached hydrogens (tertiary/aromatic N) is 2. The van der Waals surface area contributed by atoms with Gasteiger partial charge in [0.1, 0.15) is 12.4 Å². The van der Waals surface area contributed by atoms with E-state index in [4.69, 9.17) is 16.3 Å². The second-order valence-corrected chi connectivity index (χ2v) is 4.54. The molecule has 0 atom stereocenters. The molecule has 0 aliphatic carbocycles. The van der Waals surface area contributed by atoms with E-state index >= 15 is 0 Å². The van der Waals surface area contributed by atoms with Crippen molar-refractivity contribution in [2.24, 2.45) is 7.05 Å². The van der Waals surface area contributed by atoms with Crippen LogP contribution in [-0.2, 0) is 20.3 Å². The highest BCUT2D eigenvalue weighted by Gasteiger charge is 2.07. The molecular formula is C13H15ClN2O2. The van der Waals surface area contributed by atoms with Crippen molar-refractivity contribution < 1.29 is 9.84 Å². The van der Waals surface area contributed by atoms with Crippen molar-refractivity contribution in [1.29, 1.82) is 0 Å². The van der Waals surface area contributed by atoms with Crippen LogP contribution >= 0.6 is 11.6 Å². The van der Waals surface area contributed by atoms with Gasteiger partial charge in [-0.05, 0) is 31.2 Å². The molecule has 0 aliphatic heterocycles. The third-order valence-electron chi connectivity index (χ3n) is 2.67. The summed E-state index contributed by atoms with van der Waals surface area (Å²) in [7, 11) is 1.88. The second kappa shape index (κ2) is 5.42. The van der Waals surface area contributed by atoms with E-state index in [9.17, 15) is 5.11 Å². The molecule has 2 aromatic rings. The summed E-state index contributed by atoms with van der Waals surface area (Å²) < 4.78 is 7.47. The van der Waals surface area contributed by atoms with Crippen molar-refractivity contribution in [2.45, 2.75) is 20.1 Å². The van der Waals surface area contributed by atoms with Crippen LogP contribution in [0.3, 0.4) is 0 Å². The van der Waals surface area contributed by atoms with Gasteiger partial charge in [-0.15, -0.1) is 0 Å². The lowest BCUT2D eigenvalue weighted by Crippen LogP contribution is -2.04. The number of aliphatic hydroxyl groups is 1. The van der Waals surface area contributed by atoms with E-state index in [1.807, 2.05) is 20.0 Å². The van der Waals surface area contributed by atoms with Gasteiger partial charge in [-0.1, -0.05) is 11.6 Å². The molecular weight excluding hydrogens is 252 g/mol. The van der Waals surface area contributed by atoms with Gasteiger partial charge >= 0.3 is 0 Å². The van der Waals surface area contributed by atoms with Crippen LogP contribution in [0.25, 0.3) is 0 Å². The van der Waals surface area contributed by atoms with Crippen LogP contribution in [0.1, 0.15) is 17.0 Å². The van der Waals surface area contributed by atoms with Gasteiger partial charge in [0, 0.05) is 17.6 Å². The molecule has 1 aromatic carbocycles. The molecule has 0 saturated heterocycles. The minimum absolute atomic E-state index is 0.0969. The number of aliphatic hydroxyl groups excluding tert-OH is 1. The summed E-state index contributed by atoms with van der Waals surface area (Å²) in [5.74, 6) is 0.640. The van der Waals surface area contributed by atoms with E-state index in [0.717, 1.165) is 11.4 Å². The number of rotatable bonds is 4. The Morgan fingerprint density at radius 1 is 1.39 bits per heavy atom. The Morgan fingerprint density at radius 3 is 2.78 bits per heavy atom. The Labute approximate surface area is 111 Å². The largest absolute Gasteiger partial charge is 0.487 e. The van der Waals surface area contributed by atoms with Crippen molar-refractivity contribution in [3.05, 3.63) is 46.2 Å². The molecule has 2 rings (SSSR count). The lowest BCUT2D eigenvalue weighted by atomic mass is 10.2. The van der Waals surface area contributed by atoms with Gasteiger partial charge in [-0.2, -0.15) is 5.10 Å². The fraction of sp³-hybridized carbons (Fsp3) is 0.308. The van der Waals surface area contributed by atoms with Crippen LogP contribution < -0.4 is 4.74 Å². The summed E-state index contributed by atoms with van der Waals surface area (Å²) in [5.41, 5.74) is 2.61. The monoisotopic (exact) mass is 266 g/mol. The second-order valence-electron chi connectivity index (χ2n) is 4.10. The summed E-state index contributed by atoms with van der Waals surface area (Å²) >= 11 is 5.86. The first kappa shape index (κ1) is 12.9. The van der Waals surface area contributed by atoms with Gasteiger partial charge in [0.2, 0.25) is 0 Å². The van der Waals surface area contributed by atoms with Crippen molar-refractivity contribution in [1.82, 2.24) is 9.78 Å². The standard InChI is InChI=1S/C13H15ClN2O2/c1-9-5-12(16(2)15-9)8-18-13-4-3-11(14)6-10(13)7-17/h3-6,17H,7-8H2,1-2H3. The fourth-order valence-electron chi connectivity index (χ4n) is 1.76. The minimum Gasteiger partial charge on any atom is -0.487 e. The Morgan fingerprint density at radius 2 is 2.17 bits per heavy atom. The summed E-state index contributed by atoms with van der Waals surface area (Å²) in [6.07, 6.45) is 0. The summed E-state index contributed by atoms with van der Waals surface area (Å²) in [6.45, 7) is 2.25. The van der Waals surface area contributed by atoms with E-state index in [2.05, 4.69) is 5.10 Å². The normalized spacial score (nSPS) is 10.7. The van der Waals surface area contributed by atoms with Crippen molar-refractivity contribution in [3.8, 4) is 5.75 Å². The molecule has 96 valence electrons. The lowest BCUT2D eigenvalue weighted by molar-refractivity contribution is 0.255. The maximum Gasteiger partial charge on any atom is 0.130 e. The molecule has 5 heteroatoms. The maximum absolute atomic E-state index is 9.24. The molecule has 1 heterocycles. The average molecular weight is 267 g/mol. The Bertz CT molecular complexity index is 552. The van der Waals surface area contributed by atoms with Crippen LogP contribution in [0.15, 0.2) is 24.3 Å². The Hall–Kier alpha value is -1.52. The van der Waals surface area contributed by atoms with E-state index in [0.29, 0.717) is 22.9 Å². The highest BCUT2D eigenvalue weighted by molar-refractivity contribution is 6.30. The van der Waals surface area contributed by atoms with E-state index < -0.39 is 0 Å². The molecule has 0 spiro atoms. The number of aromatic nitrogens is 2. The van der Waals surface area contributed by atoms with Gasteiger partial charge < -0.3 is 9.84 Å². The minimum atomic E-state index is -0.0969. The first-order valence-corrected chi connectivity index (χ1v) is 5.99. The third kappa shape index (κ3) is 2.83. The number of ether oxygens (including phenoxy) is 1. The molecule has 0 saturated carbocycles. The van der Waals surface area contributed by atoms with Crippen molar-refractivity contribution >= 4 is 11.6 Å². The lowest BCUT2D eigenvalue weighted by Gasteiger charge is -2.10. The number of benzene rings is 1. The van der Waals surface area contributed by atoms with E-state index in [-0.39, 0.29) is 6.61 Å². The number of halogens is 1. The van der Waals surface area contributed by atoms with E-state index in [1.165, 1.54) is 0 Å². The van der Waals surface area contributed by atoms with Gasteiger partial charge in [0.25, 0.3) is 0 Å². The zero-order valence-electron chi connectivity index (χ0n) is 10.4. The zero-order chi connectivity index (χ0) is 13.1. The highest BCUT2D eigenvalue weighted by Crippen LogP contribution is 2.23. The fourth-order valence-corrected chi connectivity index (χ4v) is 1.96. The first-order valence-electron chi connectivity index (χ1n) is 5.61. The summed E-state index contributed by atoms with van der Waals surface area (Å²) in [4.78, 5) is 0. The highest BCUT2D eigenvalue weighted by atomic mass is 35.5. The Kier molecular flexibility index (Phi) is 3.89. The SMILES string of the molecule is Cc1cc(COc2ccc(Cl)cc2CO)n(C)n1. The molecule has 0 aliphatic rings. The molecule has 0 fully saturated rings. The smallest absolute Gasteiger partial charge is 0.130 e. The molecule has 0 amide bonds. The Balaban J connectivity index is 2.13. The molecule has 18 heavy (non-hydrogen) atoms. The average Bonchev–Trinajstić information content (AvgIpc) is 2.66. The summed E-state index contributed by atoms with van der Waals surface area (Å²) in [5, 5.41) is 14.1. The van der Waals surface area contributed by atoms with Crippen LogP contribution in [0.5, 0.6) is 5.75 Å². The molecule has 0 radical (unpaired) electrons. The number of hydrogen-bond donors (Lipinski definition) is 1. The maximum atomic E-state index is 9.24.